The first kappa shape index (κ1) is 17.4. The molecule has 126 valence electrons. The number of alkyl halides is 1. The molecule has 1 aromatic rings. The minimum atomic E-state index is -3.74. The largest absolute Gasteiger partial charge is 0.480 e. The maximum atomic E-state index is 12.6. The lowest BCUT2D eigenvalue weighted by atomic mass is 10.1. The zero-order valence-electron chi connectivity index (χ0n) is 12.4. The van der Waals surface area contributed by atoms with E-state index in [1.165, 1.54) is 12.1 Å². The van der Waals surface area contributed by atoms with Crippen molar-refractivity contribution >= 4 is 21.9 Å². The van der Waals surface area contributed by atoms with Crippen LogP contribution in [0.3, 0.4) is 0 Å². The van der Waals surface area contributed by atoms with E-state index in [-0.39, 0.29) is 16.5 Å². The number of hydrogen-bond donors (Lipinski definition) is 3. The highest BCUT2D eigenvalue weighted by molar-refractivity contribution is 7.89. The molecule has 0 aromatic heterocycles. The molecule has 1 fully saturated rings. The van der Waals surface area contributed by atoms with Crippen LogP contribution >= 0.6 is 0 Å². The fourth-order valence-corrected chi connectivity index (χ4v) is 3.23. The molecule has 0 radical (unpaired) electrons. The number of aryl methyl sites for hydroxylation is 1. The molecule has 1 unspecified atom stereocenters. The predicted octanol–water partition coefficient (Wildman–Crippen LogP) is 0.588. The number of carboxylic acid groups (broad SMARTS) is 1. The Labute approximate surface area is 132 Å². The van der Waals surface area contributed by atoms with Crippen LogP contribution in [-0.4, -0.2) is 44.2 Å². The minimum Gasteiger partial charge on any atom is -0.480 e. The van der Waals surface area contributed by atoms with Crippen LogP contribution in [0.2, 0.25) is 0 Å². The first-order valence-electron chi connectivity index (χ1n) is 6.97. The number of nitrogens with one attached hydrogen (secondary N) is 2. The van der Waals surface area contributed by atoms with Crippen molar-refractivity contribution in [3.8, 4) is 0 Å². The number of carbonyl (C=O) groups excluding carboxylic acids is 1. The number of halogens is 1. The molecule has 7 nitrogen and oxygen atoms in total. The number of rotatable bonds is 7. The zero-order valence-corrected chi connectivity index (χ0v) is 13.2. The Kier molecular flexibility index (Phi) is 5.00. The highest BCUT2D eigenvalue weighted by atomic mass is 32.2. The van der Waals surface area contributed by atoms with Gasteiger partial charge in [-0.15, -0.1) is 0 Å². The summed E-state index contributed by atoms with van der Waals surface area (Å²) in [4.78, 5) is 22.8. The Bertz CT molecular complexity index is 731. The molecule has 1 saturated carbocycles. The van der Waals surface area contributed by atoms with Gasteiger partial charge in [-0.1, -0.05) is 6.07 Å². The molecule has 1 aromatic carbocycles. The van der Waals surface area contributed by atoms with Gasteiger partial charge in [0.15, 0.2) is 6.04 Å². The van der Waals surface area contributed by atoms with Crippen molar-refractivity contribution in [2.75, 3.05) is 6.67 Å². The van der Waals surface area contributed by atoms with Crippen molar-refractivity contribution in [1.29, 1.82) is 0 Å². The second-order valence-electron chi connectivity index (χ2n) is 5.39. The molecule has 0 aliphatic heterocycles. The van der Waals surface area contributed by atoms with Gasteiger partial charge in [-0.05, 0) is 37.5 Å². The predicted molar refractivity (Wildman–Crippen MR) is 79.4 cm³/mol. The van der Waals surface area contributed by atoms with E-state index >= 15 is 0 Å². The molecule has 1 atom stereocenters. The Morgan fingerprint density at radius 2 is 2.04 bits per heavy atom. The quantitative estimate of drug-likeness (QED) is 0.670. The van der Waals surface area contributed by atoms with Crippen molar-refractivity contribution in [1.82, 2.24) is 10.0 Å². The third-order valence-electron chi connectivity index (χ3n) is 3.42. The van der Waals surface area contributed by atoms with Gasteiger partial charge >= 0.3 is 5.97 Å². The van der Waals surface area contributed by atoms with E-state index in [2.05, 4.69) is 4.72 Å². The van der Waals surface area contributed by atoms with E-state index in [0.717, 1.165) is 18.9 Å². The first-order valence-corrected chi connectivity index (χ1v) is 8.45. The number of carbonyl (C=O) groups is 2. The van der Waals surface area contributed by atoms with E-state index in [1.54, 1.807) is 6.92 Å². The summed E-state index contributed by atoms with van der Waals surface area (Å²) in [7, 11) is -3.74. The van der Waals surface area contributed by atoms with Crippen molar-refractivity contribution in [3.63, 3.8) is 0 Å². The Hall–Kier alpha value is -2.00. The van der Waals surface area contributed by atoms with Gasteiger partial charge in [0.1, 0.15) is 6.67 Å². The number of sulfonamides is 1. The fraction of sp³-hybridized carbons (Fsp3) is 0.429. The molecule has 3 N–H and O–H groups in total. The number of aliphatic carboxylic acids is 1. The van der Waals surface area contributed by atoms with Gasteiger partial charge in [-0.25, -0.2) is 22.3 Å². The van der Waals surface area contributed by atoms with Gasteiger partial charge in [0.25, 0.3) is 5.91 Å². The van der Waals surface area contributed by atoms with Crippen LogP contribution < -0.4 is 10.0 Å². The average molecular weight is 344 g/mol. The van der Waals surface area contributed by atoms with Crippen LogP contribution in [0.5, 0.6) is 0 Å². The summed E-state index contributed by atoms with van der Waals surface area (Å²) in [5.74, 6) is -2.34. The second kappa shape index (κ2) is 6.63. The summed E-state index contributed by atoms with van der Waals surface area (Å²) in [6.45, 7) is 0.312. The minimum absolute atomic E-state index is 0.0108. The van der Waals surface area contributed by atoms with E-state index in [0.29, 0.717) is 5.56 Å². The monoisotopic (exact) mass is 344 g/mol. The topological polar surface area (TPSA) is 113 Å². The van der Waals surface area contributed by atoms with E-state index < -0.39 is 34.6 Å². The fourth-order valence-electron chi connectivity index (χ4n) is 1.90. The Balaban J connectivity index is 2.26. The SMILES string of the molecule is Cc1ccc(S(=O)(=O)NC2CC2)cc1C(=O)NC(CF)C(=O)O. The third-order valence-corrected chi connectivity index (χ3v) is 4.94. The maximum absolute atomic E-state index is 12.6. The van der Waals surface area contributed by atoms with E-state index in [4.69, 9.17) is 5.11 Å². The van der Waals surface area contributed by atoms with Crippen LogP contribution in [0, 0.1) is 6.92 Å². The summed E-state index contributed by atoms with van der Waals surface area (Å²) in [6.07, 6.45) is 1.55. The molecular weight excluding hydrogens is 327 g/mol. The third kappa shape index (κ3) is 4.26. The molecule has 0 spiro atoms. The molecule has 0 saturated heterocycles. The van der Waals surface area contributed by atoms with Crippen LogP contribution in [-0.2, 0) is 14.8 Å². The summed E-state index contributed by atoms with van der Waals surface area (Å²) in [5, 5.41) is 10.8. The van der Waals surface area contributed by atoms with Gasteiger partial charge in [-0.2, -0.15) is 0 Å². The molecule has 1 aliphatic rings. The smallest absolute Gasteiger partial charge is 0.328 e. The normalized spacial score (nSPS) is 15.9. The molecule has 23 heavy (non-hydrogen) atoms. The second-order valence-corrected chi connectivity index (χ2v) is 7.10. The first-order chi connectivity index (χ1) is 10.7. The van der Waals surface area contributed by atoms with Crippen LogP contribution in [0.4, 0.5) is 4.39 Å². The molecule has 9 heteroatoms. The van der Waals surface area contributed by atoms with Gasteiger partial charge in [0.05, 0.1) is 4.90 Å². The summed E-state index contributed by atoms with van der Waals surface area (Å²) in [5.41, 5.74) is 0.444. The highest BCUT2D eigenvalue weighted by Crippen LogP contribution is 2.23. The zero-order chi connectivity index (χ0) is 17.2. The number of hydrogen-bond acceptors (Lipinski definition) is 4. The lowest BCUT2D eigenvalue weighted by Gasteiger charge is -2.13. The standard InChI is InChI=1S/C14H17FN2O5S/c1-8-2-5-10(23(21,22)17-9-3-4-9)6-11(8)13(18)16-12(7-15)14(19)20/h2,5-6,9,12,17H,3-4,7H2,1H3,(H,16,18)(H,19,20). The lowest BCUT2D eigenvalue weighted by molar-refractivity contribution is -0.139. The number of benzene rings is 1. The number of amides is 1. The molecule has 1 amide bonds. The molecule has 0 heterocycles. The average Bonchev–Trinajstić information content (AvgIpc) is 3.27. The van der Waals surface area contributed by atoms with Crippen LogP contribution in [0.25, 0.3) is 0 Å². The van der Waals surface area contributed by atoms with Gasteiger partial charge in [-0.3, -0.25) is 4.79 Å². The highest BCUT2D eigenvalue weighted by Gasteiger charge is 2.29. The Morgan fingerprint density at radius 1 is 1.39 bits per heavy atom. The van der Waals surface area contributed by atoms with Crippen LogP contribution in [0.1, 0.15) is 28.8 Å². The molecule has 2 rings (SSSR count). The van der Waals surface area contributed by atoms with Crippen molar-refractivity contribution in [2.24, 2.45) is 0 Å². The summed E-state index contributed by atoms with van der Waals surface area (Å²) in [6, 6.07) is 2.21. The van der Waals surface area contributed by atoms with Crippen LogP contribution in [0.15, 0.2) is 23.1 Å². The lowest BCUT2D eigenvalue weighted by Crippen LogP contribution is -2.42. The van der Waals surface area contributed by atoms with Gasteiger partial charge < -0.3 is 10.4 Å². The molecule has 0 bridgehead atoms. The van der Waals surface area contributed by atoms with E-state index in [1.807, 2.05) is 5.32 Å². The van der Waals surface area contributed by atoms with Crippen molar-refractivity contribution < 1.29 is 27.5 Å². The van der Waals surface area contributed by atoms with Gasteiger partial charge in [0, 0.05) is 11.6 Å². The van der Waals surface area contributed by atoms with Gasteiger partial charge in [0.2, 0.25) is 10.0 Å². The van der Waals surface area contributed by atoms with Crippen molar-refractivity contribution in [3.05, 3.63) is 29.3 Å². The van der Waals surface area contributed by atoms with Crippen molar-refractivity contribution in [2.45, 2.75) is 36.7 Å². The Morgan fingerprint density at radius 3 is 2.57 bits per heavy atom. The van der Waals surface area contributed by atoms with E-state index in [9.17, 15) is 22.4 Å². The molecular formula is C14H17FN2O5S. The summed E-state index contributed by atoms with van der Waals surface area (Å²) >= 11 is 0. The number of carboxylic acids is 1. The maximum Gasteiger partial charge on any atom is 0.328 e. The summed E-state index contributed by atoms with van der Waals surface area (Å²) < 4.78 is 39.4. The molecule has 1 aliphatic carbocycles.